The fourth-order valence-electron chi connectivity index (χ4n) is 2.04. The summed E-state index contributed by atoms with van der Waals surface area (Å²) in [5.41, 5.74) is 4.69. The van der Waals surface area contributed by atoms with Crippen molar-refractivity contribution in [3.63, 3.8) is 0 Å². The number of hydrogen-bond donors (Lipinski definition) is 1. The zero-order chi connectivity index (χ0) is 18.2. The second kappa shape index (κ2) is 9.28. The number of ether oxygens (including phenoxy) is 1. The molecule has 0 spiro atoms. The van der Waals surface area contributed by atoms with E-state index in [1.165, 1.54) is 17.3 Å². The van der Waals surface area contributed by atoms with Crippen molar-refractivity contribution in [1.82, 2.24) is 5.43 Å². The highest BCUT2D eigenvalue weighted by Crippen LogP contribution is 2.23. The van der Waals surface area contributed by atoms with Gasteiger partial charge >= 0.3 is 0 Å². The molecule has 0 aliphatic carbocycles. The van der Waals surface area contributed by atoms with Crippen LogP contribution in [0.25, 0.3) is 0 Å². The number of nitrogens with one attached hydrogen (secondary N) is 1. The van der Waals surface area contributed by atoms with E-state index in [1.807, 2.05) is 76.2 Å². The van der Waals surface area contributed by atoms with Gasteiger partial charge in [-0.2, -0.15) is 5.10 Å². The van der Waals surface area contributed by atoms with Crippen LogP contribution in [-0.2, 0) is 4.79 Å². The molecule has 0 saturated carbocycles. The third-order valence-corrected chi connectivity index (χ3v) is 4.46. The van der Waals surface area contributed by atoms with Crippen LogP contribution in [0, 0.1) is 6.92 Å². The predicted molar refractivity (Wildman–Crippen MR) is 104 cm³/mol. The Hall–Kier alpha value is -2.27. The number of amides is 1. The van der Waals surface area contributed by atoms with Crippen LogP contribution < -0.4 is 10.2 Å². The van der Waals surface area contributed by atoms with Gasteiger partial charge in [0.2, 0.25) is 0 Å². The van der Waals surface area contributed by atoms with Gasteiger partial charge in [0.25, 0.3) is 5.91 Å². The summed E-state index contributed by atoms with van der Waals surface area (Å²) in [5, 5.41) is 3.81. The summed E-state index contributed by atoms with van der Waals surface area (Å²) in [5.74, 6) is 0.695. The lowest BCUT2D eigenvalue weighted by atomic mass is 10.2. The Morgan fingerprint density at radius 1 is 1.08 bits per heavy atom. The van der Waals surface area contributed by atoms with Crippen molar-refractivity contribution in [2.45, 2.75) is 43.9 Å². The maximum absolute atomic E-state index is 12.1. The van der Waals surface area contributed by atoms with Crippen molar-refractivity contribution in [3.8, 4) is 5.75 Å². The predicted octanol–water partition coefficient (Wildman–Crippen LogP) is 4.41. The average molecular weight is 356 g/mol. The highest BCUT2D eigenvalue weighted by molar-refractivity contribution is 8.00. The van der Waals surface area contributed by atoms with E-state index in [4.69, 9.17) is 4.74 Å². The molecule has 0 bridgehead atoms. The molecule has 1 amide bonds. The number of hydrogen-bond acceptors (Lipinski definition) is 4. The van der Waals surface area contributed by atoms with E-state index < -0.39 is 0 Å². The first-order chi connectivity index (χ1) is 11.9. The summed E-state index contributed by atoms with van der Waals surface area (Å²) >= 11 is 1.51. The highest BCUT2D eigenvalue weighted by atomic mass is 32.2. The molecule has 2 aromatic rings. The van der Waals surface area contributed by atoms with Crippen LogP contribution in [0.5, 0.6) is 5.75 Å². The first kappa shape index (κ1) is 19.1. The second-order valence-corrected chi connectivity index (χ2v) is 7.46. The molecule has 0 heterocycles. The van der Waals surface area contributed by atoms with Gasteiger partial charge in [-0.3, -0.25) is 4.79 Å². The SMILES string of the molecule is Cc1ccc(S[C@H](C)C(=O)N/N=C\c2ccc(OC(C)C)cc2)cc1. The molecule has 0 fully saturated rings. The molecular weight excluding hydrogens is 332 g/mol. The lowest BCUT2D eigenvalue weighted by Crippen LogP contribution is -2.26. The molecule has 0 aliphatic heterocycles. The van der Waals surface area contributed by atoms with Crippen molar-refractivity contribution < 1.29 is 9.53 Å². The lowest BCUT2D eigenvalue weighted by molar-refractivity contribution is -0.120. The number of rotatable bonds is 7. The molecule has 1 atom stereocenters. The smallest absolute Gasteiger partial charge is 0.253 e. The molecule has 4 nitrogen and oxygen atoms in total. The molecule has 132 valence electrons. The van der Waals surface area contributed by atoms with E-state index in [-0.39, 0.29) is 17.3 Å². The van der Waals surface area contributed by atoms with Crippen molar-refractivity contribution in [1.29, 1.82) is 0 Å². The Labute approximate surface area is 153 Å². The van der Waals surface area contributed by atoms with Crippen LogP contribution >= 0.6 is 11.8 Å². The second-order valence-electron chi connectivity index (χ2n) is 6.04. The van der Waals surface area contributed by atoms with Gasteiger partial charge in [-0.05, 0) is 69.7 Å². The third-order valence-electron chi connectivity index (χ3n) is 3.34. The Balaban J connectivity index is 1.83. The Morgan fingerprint density at radius 2 is 1.72 bits per heavy atom. The zero-order valence-electron chi connectivity index (χ0n) is 15.0. The van der Waals surface area contributed by atoms with E-state index in [1.54, 1.807) is 6.21 Å². The summed E-state index contributed by atoms with van der Waals surface area (Å²) in [4.78, 5) is 13.2. The standard InChI is InChI=1S/C20H24N2O2S/c1-14(2)24-18-9-7-17(8-10-18)13-21-22-20(23)16(4)25-19-11-5-15(3)6-12-19/h5-14,16H,1-4H3,(H,22,23)/b21-13-/t16-/m1/s1. The summed E-state index contributed by atoms with van der Waals surface area (Å²) in [7, 11) is 0. The van der Waals surface area contributed by atoms with Gasteiger partial charge in [0, 0.05) is 4.90 Å². The summed E-state index contributed by atoms with van der Waals surface area (Å²) in [6.45, 7) is 7.88. The Morgan fingerprint density at radius 3 is 2.32 bits per heavy atom. The van der Waals surface area contributed by atoms with Crippen LogP contribution in [0.3, 0.4) is 0 Å². The largest absolute Gasteiger partial charge is 0.491 e. The summed E-state index contributed by atoms with van der Waals surface area (Å²) < 4.78 is 5.59. The van der Waals surface area contributed by atoms with Gasteiger partial charge in [0.15, 0.2) is 0 Å². The van der Waals surface area contributed by atoms with E-state index in [2.05, 4.69) is 10.5 Å². The molecule has 2 aromatic carbocycles. The molecule has 0 aliphatic rings. The quantitative estimate of drug-likeness (QED) is 0.454. The minimum Gasteiger partial charge on any atom is -0.491 e. The van der Waals surface area contributed by atoms with E-state index in [0.29, 0.717) is 0 Å². The van der Waals surface area contributed by atoms with E-state index >= 15 is 0 Å². The minimum absolute atomic E-state index is 0.124. The molecule has 2 rings (SSSR count). The number of nitrogens with zero attached hydrogens (tertiary/aromatic N) is 1. The van der Waals surface area contributed by atoms with Crippen molar-refractivity contribution in [2.24, 2.45) is 5.10 Å². The lowest BCUT2D eigenvalue weighted by Gasteiger charge is -2.10. The van der Waals surface area contributed by atoms with Gasteiger partial charge in [-0.15, -0.1) is 11.8 Å². The van der Waals surface area contributed by atoms with E-state index in [0.717, 1.165) is 16.2 Å². The number of benzene rings is 2. The molecule has 0 radical (unpaired) electrons. The van der Waals surface area contributed by atoms with Gasteiger partial charge in [0.05, 0.1) is 17.6 Å². The Bertz CT molecular complexity index is 709. The minimum atomic E-state index is -0.221. The molecule has 0 aromatic heterocycles. The first-order valence-electron chi connectivity index (χ1n) is 8.27. The van der Waals surface area contributed by atoms with Gasteiger partial charge in [-0.25, -0.2) is 5.43 Å². The average Bonchev–Trinajstić information content (AvgIpc) is 2.58. The van der Waals surface area contributed by atoms with Crippen LogP contribution in [0.1, 0.15) is 31.9 Å². The topological polar surface area (TPSA) is 50.7 Å². The van der Waals surface area contributed by atoms with Crippen LogP contribution in [0.15, 0.2) is 58.5 Å². The maximum atomic E-state index is 12.1. The number of carbonyl (C=O) groups excluding carboxylic acids is 1. The van der Waals surface area contributed by atoms with Crippen molar-refractivity contribution >= 4 is 23.9 Å². The van der Waals surface area contributed by atoms with Crippen LogP contribution in [0.4, 0.5) is 0 Å². The molecule has 0 saturated heterocycles. The maximum Gasteiger partial charge on any atom is 0.253 e. The van der Waals surface area contributed by atoms with Gasteiger partial charge < -0.3 is 4.74 Å². The normalized spacial score (nSPS) is 12.4. The fraction of sp³-hybridized carbons (Fsp3) is 0.300. The van der Waals surface area contributed by atoms with E-state index in [9.17, 15) is 4.79 Å². The van der Waals surface area contributed by atoms with Crippen molar-refractivity contribution in [2.75, 3.05) is 0 Å². The third kappa shape index (κ3) is 6.63. The van der Waals surface area contributed by atoms with Crippen LogP contribution in [-0.4, -0.2) is 23.5 Å². The zero-order valence-corrected chi connectivity index (χ0v) is 15.8. The number of thioether (sulfide) groups is 1. The molecule has 1 N–H and O–H groups in total. The number of aryl methyl sites for hydroxylation is 1. The van der Waals surface area contributed by atoms with Crippen LogP contribution in [0.2, 0.25) is 0 Å². The number of hydrazone groups is 1. The molecule has 5 heteroatoms. The molecular formula is C20H24N2O2S. The highest BCUT2D eigenvalue weighted by Gasteiger charge is 2.13. The van der Waals surface area contributed by atoms with Gasteiger partial charge in [0.1, 0.15) is 5.75 Å². The number of carbonyl (C=O) groups is 1. The molecule has 0 unspecified atom stereocenters. The molecule has 25 heavy (non-hydrogen) atoms. The summed E-state index contributed by atoms with van der Waals surface area (Å²) in [6, 6.07) is 15.7. The fourth-order valence-corrected chi connectivity index (χ4v) is 2.90. The van der Waals surface area contributed by atoms with Crippen molar-refractivity contribution in [3.05, 3.63) is 59.7 Å². The Kier molecular flexibility index (Phi) is 7.07. The summed E-state index contributed by atoms with van der Waals surface area (Å²) in [6.07, 6.45) is 1.77. The van der Waals surface area contributed by atoms with Gasteiger partial charge in [-0.1, -0.05) is 17.7 Å². The first-order valence-corrected chi connectivity index (χ1v) is 9.15. The monoisotopic (exact) mass is 356 g/mol.